The van der Waals surface area contributed by atoms with Gasteiger partial charge in [0.05, 0.1) is 7.11 Å². The number of methoxy groups -OCH3 is 1. The van der Waals surface area contributed by atoms with Crippen LogP contribution in [-0.4, -0.2) is 41.2 Å². The summed E-state index contributed by atoms with van der Waals surface area (Å²) in [6, 6.07) is 11.9. The number of hydrogen-bond acceptors (Lipinski definition) is 6. The van der Waals surface area contributed by atoms with Gasteiger partial charge in [-0.05, 0) is 17.7 Å². The van der Waals surface area contributed by atoms with E-state index >= 15 is 0 Å². The molecule has 2 aromatic carbocycles. The van der Waals surface area contributed by atoms with Crippen LogP contribution in [0, 0.1) is 0 Å². The minimum absolute atomic E-state index is 0.103. The Morgan fingerprint density at radius 1 is 1.23 bits per heavy atom. The number of aromatic hydroxyl groups is 1. The van der Waals surface area contributed by atoms with E-state index in [9.17, 15) is 20.1 Å². The Kier molecular flexibility index (Phi) is 7.26. The Balaban J connectivity index is 1.89. The summed E-state index contributed by atoms with van der Waals surface area (Å²) in [6.07, 6.45) is -3.31. The molecule has 8 heteroatoms. The van der Waals surface area contributed by atoms with Crippen molar-refractivity contribution in [3.8, 4) is 11.5 Å². The fourth-order valence-corrected chi connectivity index (χ4v) is 2.80. The van der Waals surface area contributed by atoms with E-state index in [4.69, 9.17) is 9.47 Å². The third-order valence-electron chi connectivity index (χ3n) is 3.65. The molecule has 0 bridgehead atoms. The molecule has 0 aromatic heterocycles. The molecule has 0 fully saturated rings. The van der Waals surface area contributed by atoms with Crippen LogP contribution in [0.15, 0.2) is 46.9 Å². The van der Waals surface area contributed by atoms with Crippen molar-refractivity contribution >= 4 is 22.0 Å². The topological polar surface area (TPSA) is 108 Å². The summed E-state index contributed by atoms with van der Waals surface area (Å²) >= 11 is 3.21. The minimum atomic E-state index is -1.31. The predicted molar refractivity (Wildman–Crippen MR) is 98.0 cm³/mol. The van der Waals surface area contributed by atoms with Crippen LogP contribution in [0.3, 0.4) is 0 Å². The van der Waals surface area contributed by atoms with E-state index in [2.05, 4.69) is 21.2 Å². The fourth-order valence-electron chi connectivity index (χ4n) is 2.23. The number of ether oxygens (including phenoxy) is 2. The zero-order valence-electron chi connectivity index (χ0n) is 14.1. The molecule has 2 atom stereocenters. The highest BCUT2D eigenvalue weighted by atomic mass is 79.9. The molecule has 7 nitrogen and oxygen atoms in total. The maximum atomic E-state index is 11.7. The summed E-state index contributed by atoms with van der Waals surface area (Å²) < 4.78 is 10.4. The summed E-state index contributed by atoms with van der Waals surface area (Å²) in [6.45, 7) is -0.115. The monoisotopic (exact) mass is 425 g/mol. The van der Waals surface area contributed by atoms with Crippen LogP contribution in [0.1, 0.15) is 17.2 Å². The number of phenolic OH excluding ortho intramolecular Hbond substituents is 1. The quantitative estimate of drug-likeness (QED) is 0.542. The number of amides is 1. The smallest absolute Gasteiger partial charge is 0.407 e. The van der Waals surface area contributed by atoms with Crippen molar-refractivity contribution < 1.29 is 29.6 Å². The predicted octanol–water partition coefficient (Wildman–Crippen LogP) is 2.48. The Hall–Kier alpha value is -2.29. The van der Waals surface area contributed by atoms with E-state index in [0.717, 1.165) is 5.56 Å². The number of aliphatic hydroxyl groups is 2. The average Bonchev–Trinajstić information content (AvgIpc) is 2.65. The Bertz CT molecular complexity index is 740. The van der Waals surface area contributed by atoms with E-state index in [1.54, 1.807) is 0 Å². The maximum Gasteiger partial charge on any atom is 0.407 e. The summed E-state index contributed by atoms with van der Waals surface area (Å²) in [4.78, 5) is 11.7. The third kappa shape index (κ3) is 5.35. The number of carbonyl (C=O) groups is 1. The molecule has 140 valence electrons. The average molecular weight is 426 g/mol. The van der Waals surface area contributed by atoms with Crippen LogP contribution in [0.25, 0.3) is 0 Å². The number of nitrogens with one attached hydrogen (secondary N) is 1. The van der Waals surface area contributed by atoms with Crippen molar-refractivity contribution in [1.29, 1.82) is 0 Å². The van der Waals surface area contributed by atoms with Crippen molar-refractivity contribution in [2.45, 2.75) is 18.8 Å². The highest BCUT2D eigenvalue weighted by Crippen LogP contribution is 2.36. The number of halogens is 1. The standard InChI is InChI=1S/C18H20BrNO6/c1-25-16-7-12(13(19)8-14(16)21)17(23)15(22)9-20-18(24)26-10-11-5-3-2-4-6-11/h2-8,15,17,21-23H,9-10H2,1H3,(H,20,24). The SMILES string of the molecule is COc1cc(C(O)C(O)CNC(=O)OCc2ccccc2)c(Br)cc1O. The summed E-state index contributed by atoms with van der Waals surface area (Å²) in [5, 5.41) is 32.5. The number of aliphatic hydroxyl groups excluding tert-OH is 2. The lowest BCUT2D eigenvalue weighted by molar-refractivity contribution is 0.0178. The molecule has 2 unspecified atom stereocenters. The molecule has 0 aliphatic rings. The van der Waals surface area contributed by atoms with Crippen molar-refractivity contribution in [1.82, 2.24) is 5.32 Å². The van der Waals surface area contributed by atoms with Crippen LogP contribution in [0.5, 0.6) is 11.5 Å². The molecule has 0 saturated heterocycles. The fraction of sp³-hybridized carbons (Fsp3) is 0.278. The molecule has 0 heterocycles. The molecule has 4 N–H and O–H groups in total. The zero-order chi connectivity index (χ0) is 19.1. The Morgan fingerprint density at radius 2 is 1.92 bits per heavy atom. The molecule has 2 rings (SSSR count). The van der Waals surface area contributed by atoms with Gasteiger partial charge in [-0.25, -0.2) is 4.79 Å². The molecule has 0 spiro atoms. The van der Waals surface area contributed by atoms with Gasteiger partial charge in [0.15, 0.2) is 11.5 Å². The Labute approximate surface area is 159 Å². The highest BCUT2D eigenvalue weighted by molar-refractivity contribution is 9.10. The molecule has 26 heavy (non-hydrogen) atoms. The summed E-state index contributed by atoms with van der Waals surface area (Å²) in [5.41, 5.74) is 1.15. The lowest BCUT2D eigenvalue weighted by atomic mass is 10.0. The Morgan fingerprint density at radius 3 is 2.58 bits per heavy atom. The van der Waals surface area contributed by atoms with Crippen molar-refractivity contribution in [3.05, 3.63) is 58.1 Å². The van der Waals surface area contributed by atoms with Gasteiger partial charge in [0.1, 0.15) is 18.8 Å². The molecule has 0 radical (unpaired) electrons. The number of hydrogen-bond donors (Lipinski definition) is 4. The largest absolute Gasteiger partial charge is 0.504 e. The normalized spacial score (nSPS) is 12.9. The first kappa shape index (κ1) is 20.0. The van der Waals surface area contributed by atoms with Gasteiger partial charge in [-0.1, -0.05) is 46.3 Å². The van der Waals surface area contributed by atoms with E-state index in [1.807, 2.05) is 30.3 Å². The first-order valence-electron chi connectivity index (χ1n) is 7.79. The van der Waals surface area contributed by atoms with Gasteiger partial charge < -0.3 is 30.1 Å². The lowest BCUT2D eigenvalue weighted by Gasteiger charge is -2.20. The minimum Gasteiger partial charge on any atom is -0.504 e. The number of carbonyl (C=O) groups excluding carboxylic acids is 1. The van der Waals surface area contributed by atoms with Crippen molar-refractivity contribution in [3.63, 3.8) is 0 Å². The van der Waals surface area contributed by atoms with Crippen LogP contribution >= 0.6 is 15.9 Å². The molecule has 1 amide bonds. The van der Waals surface area contributed by atoms with E-state index in [1.165, 1.54) is 19.2 Å². The number of alkyl carbamates (subject to hydrolysis) is 1. The van der Waals surface area contributed by atoms with Gasteiger partial charge >= 0.3 is 6.09 Å². The second-order valence-corrected chi connectivity index (χ2v) is 6.35. The van der Waals surface area contributed by atoms with E-state index in [0.29, 0.717) is 10.0 Å². The van der Waals surface area contributed by atoms with Gasteiger partial charge in [-0.2, -0.15) is 0 Å². The van der Waals surface area contributed by atoms with Gasteiger partial charge in [0.25, 0.3) is 0 Å². The lowest BCUT2D eigenvalue weighted by Crippen LogP contribution is -2.35. The second kappa shape index (κ2) is 9.42. The van der Waals surface area contributed by atoms with Gasteiger partial charge in [0.2, 0.25) is 0 Å². The van der Waals surface area contributed by atoms with Crippen molar-refractivity contribution in [2.24, 2.45) is 0 Å². The van der Waals surface area contributed by atoms with Crippen LogP contribution in [-0.2, 0) is 11.3 Å². The molecule has 2 aromatic rings. The van der Waals surface area contributed by atoms with Crippen LogP contribution in [0.2, 0.25) is 0 Å². The van der Waals surface area contributed by atoms with Crippen LogP contribution in [0.4, 0.5) is 4.79 Å². The van der Waals surface area contributed by atoms with Gasteiger partial charge in [-0.15, -0.1) is 0 Å². The zero-order valence-corrected chi connectivity index (χ0v) is 15.6. The van der Waals surface area contributed by atoms with E-state index in [-0.39, 0.29) is 24.7 Å². The highest BCUT2D eigenvalue weighted by Gasteiger charge is 2.23. The molecular weight excluding hydrogens is 406 g/mol. The first-order valence-corrected chi connectivity index (χ1v) is 8.58. The van der Waals surface area contributed by atoms with Gasteiger partial charge in [0, 0.05) is 16.6 Å². The second-order valence-electron chi connectivity index (χ2n) is 5.50. The maximum absolute atomic E-state index is 11.7. The molecule has 0 saturated carbocycles. The summed E-state index contributed by atoms with van der Waals surface area (Å²) in [5.74, 6) is 0.0529. The molecule has 0 aliphatic carbocycles. The van der Waals surface area contributed by atoms with Crippen LogP contribution < -0.4 is 10.1 Å². The first-order chi connectivity index (χ1) is 12.4. The van der Waals surface area contributed by atoms with E-state index < -0.39 is 18.3 Å². The number of rotatable bonds is 7. The molecular formula is C18H20BrNO6. The number of phenols is 1. The van der Waals surface area contributed by atoms with Gasteiger partial charge in [-0.3, -0.25) is 0 Å². The number of benzene rings is 2. The molecule has 0 aliphatic heterocycles. The summed E-state index contributed by atoms with van der Waals surface area (Å²) in [7, 11) is 1.37. The third-order valence-corrected chi connectivity index (χ3v) is 4.34. The van der Waals surface area contributed by atoms with Crippen molar-refractivity contribution in [2.75, 3.05) is 13.7 Å².